The molecule has 2 aromatic heterocycles. The molecule has 0 N–H and O–H groups in total. The van der Waals surface area contributed by atoms with Gasteiger partial charge in [0, 0.05) is 24.6 Å². The zero-order chi connectivity index (χ0) is 25.6. The standard InChI is InChI=1S/C30H27N3O4/c1-21-27(31-30(36-21)25-11-7-4-8-12-25)20-35-26-15-13-23(14-16-26)17-18-33-19-28(37-22(2)34)29(32-33)24-9-5-3-6-10-24/h3-16,19H,17-18,20H2,1-2H3. The van der Waals surface area contributed by atoms with E-state index >= 15 is 0 Å². The van der Waals surface area contributed by atoms with Crippen LogP contribution in [0.25, 0.3) is 22.7 Å². The fourth-order valence-electron chi connectivity index (χ4n) is 3.96. The molecule has 0 aliphatic rings. The number of esters is 1. The first-order valence-electron chi connectivity index (χ1n) is 12.1. The normalized spacial score (nSPS) is 10.9. The Labute approximate surface area is 215 Å². The van der Waals surface area contributed by atoms with Crippen LogP contribution in [-0.2, 0) is 24.4 Å². The molecular formula is C30H27N3O4. The first kappa shape index (κ1) is 24.1. The van der Waals surface area contributed by atoms with E-state index in [0.717, 1.165) is 40.3 Å². The second-order valence-electron chi connectivity index (χ2n) is 8.64. The van der Waals surface area contributed by atoms with Gasteiger partial charge in [-0.05, 0) is 43.2 Å². The molecule has 186 valence electrons. The van der Waals surface area contributed by atoms with Crippen LogP contribution in [0.5, 0.6) is 11.5 Å². The van der Waals surface area contributed by atoms with Gasteiger partial charge in [-0.15, -0.1) is 0 Å². The highest BCUT2D eigenvalue weighted by Gasteiger charge is 2.15. The van der Waals surface area contributed by atoms with Crippen molar-refractivity contribution in [1.29, 1.82) is 0 Å². The number of benzene rings is 3. The van der Waals surface area contributed by atoms with Gasteiger partial charge in [0.05, 0.1) is 6.20 Å². The number of rotatable bonds is 9. The Hall–Kier alpha value is -4.65. The largest absolute Gasteiger partial charge is 0.487 e. The Morgan fingerprint density at radius 3 is 2.27 bits per heavy atom. The van der Waals surface area contributed by atoms with Crippen LogP contribution < -0.4 is 9.47 Å². The first-order valence-corrected chi connectivity index (χ1v) is 12.1. The first-order chi connectivity index (χ1) is 18.0. The van der Waals surface area contributed by atoms with Gasteiger partial charge in [-0.1, -0.05) is 60.7 Å². The van der Waals surface area contributed by atoms with E-state index in [2.05, 4.69) is 10.1 Å². The van der Waals surface area contributed by atoms with Gasteiger partial charge in [-0.2, -0.15) is 5.10 Å². The van der Waals surface area contributed by atoms with Crippen LogP contribution in [0.4, 0.5) is 0 Å². The summed E-state index contributed by atoms with van der Waals surface area (Å²) in [5, 5.41) is 4.66. The van der Waals surface area contributed by atoms with Crippen molar-refractivity contribution in [1.82, 2.24) is 14.8 Å². The Kier molecular flexibility index (Phi) is 7.12. The smallest absolute Gasteiger partial charge is 0.308 e. The molecule has 0 radical (unpaired) electrons. The van der Waals surface area contributed by atoms with Gasteiger partial charge in [0.15, 0.2) is 5.75 Å². The van der Waals surface area contributed by atoms with Crippen LogP contribution in [-0.4, -0.2) is 20.7 Å². The van der Waals surface area contributed by atoms with Crippen LogP contribution in [0.1, 0.15) is 23.9 Å². The third-order valence-corrected chi connectivity index (χ3v) is 5.87. The number of carbonyl (C=O) groups is 1. The van der Waals surface area contributed by atoms with E-state index in [1.54, 1.807) is 6.20 Å². The van der Waals surface area contributed by atoms with Gasteiger partial charge in [-0.25, -0.2) is 4.98 Å². The maximum absolute atomic E-state index is 11.6. The van der Waals surface area contributed by atoms with Crippen molar-refractivity contribution in [3.8, 4) is 34.2 Å². The number of carbonyl (C=O) groups excluding carboxylic acids is 1. The minimum atomic E-state index is -0.371. The number of oxazole rings is 1. The number of hydrogen-bond donors (Lipinski definition) is 0. The molecule has 5 aromatic rings. The topological polar surface area (TPSA) is 79.4 Å². The van der Waals surface area contributed by atoms with Crippen molar-refractivity contribution in [2.24, 2.45) is 0 Å². The number of nitrogens with zero attached hydrogens (tertiary/aromatic N) is 3. The van der Waals surface area contributed by atoms with Gasteiger partial charge in [0.2, 0.25) is 5.89 Å². The van der Waals surface area contributed by atoms with Crippen molar-refractivity contribution < 1.29 is 18.7 Å². The van der Waals surface area contributed by atoms with E-state index < -0.39 is 0 Å². The van der Waals surface area contributed by atoms with Gasteiger partial charge >= 0.3 is 5.97 Å². The number of aromatic nitrogens is 3. The number of ether oxygens (including phenoxy) is 2. The molecule has 7 nitrogen and oxygen atoms in total. The summed E-state index contributed by atoms with van der Waals surface area (Å²) in [4.78, 5) is 16.2. The van der Waals surface area contributed by atoms with E-state index in [4.69, 9.17) is 13.9 Å². The predicted molar refractivity (Wildman–Crippen MR) is 140 cm³/mol. The molecule has 0 spiro atoms. The fourth-order valence-corrected chi connectivity index (χ4v) is 3.96. The predicted octanol–water partition coefficient (Wildman–Crippen LogP) is 6.26. The molecule has 0 saturated heterocycles. The van der Waals surface area contributed by atoms with Crippen LogP contribution in [0.15, 0.2) is 95.5 Å². The zero-order valence-electron chi connectivity index (χ0n) is 20.8. The molecule has 0 aliphatic heterocycles. The van der Waals surface area contributed by atoms with Crippen molar-refractivity contribution in [3.05, 3.63) is 108 Å². The Balaban J connectivity index is 1.20. The van der Waals surface area contributed by atoms with Gasteiger partial charge in [-0.3, -0.25) is 9.48 Å². The molecule has 0 amide bonds. The summed E-state index contributed by atoms with van der Waals surface area (Å²) in [7, 11) is 0. The van der Waals surface area contributed by atoms with Crippen molar-refractivity contribution in [2.45, 2.75) is 33.4 Å². The summed E-state index contributed by atoms with van der Waals surface area (Å²) in [6.07, 6.45) is 2.53. The molecule has 0 saturated carbocycles. The molecule has 5 rings (SSSR count). The van der Waals surface area contributed by atoms with E-state index in [0.29, 0.717) is 30.5 Å². The van der Waals surface area contributed by atoms with Crippen molar-refractivity contribution in [3.63, 3.8) is 0 Å². The second kappa shape index (κ2) is 11.0. The minimum Gasteiger partial charge on any atom is -0.487 e. The molecule has 0 unspecified atom stereocenters. The lowest BCUT2D eigenvalue weighted by molar-refractivity contribution is -0.131. The molecule has 0 fully saturated rings. The molecule has 3 aromatic carbocycles. The molecule has 0 atom stereocenters. The van der Waals surface area contributed by atoms with Crippen LogP contribution in [0.3, 0.4) is 0 Å². The summed E-state index contributed by atoms with van der Waals surface area (Å²) in [6, 6.07) is 27.5. The number of aryl methyl sites for hydroxylation is 3. The highest BCUT2D eigenvalue weighted by Crippen LogP contribution is 2.29. The number of hydrogen-bond acceptors (Lipinski definition) is 6. The quantitative estimate of drug-likeness (QED) is 0.226. The van der Waals surface area contributed by atoms with Crippen LogP contribution in [0, 0.1) is 6.92 Å². The van der Waals surface area contributed by atoms with E-state index in [1.807, 2.05) is 96.5 Å². The molecule has 0 aliphatic carbocycles. The van der Waals surface area contributed by atoms with Gasteiger partial charge in [0.25, 0.3) is 0 Å². The Morgan fingerprint density at radius 2 is 1.59 bits per heavy atom. The Morgan fingerprint density at radius 1 is 0.919 bits per heavy atom. The third kappa shape index (κ3) is 5.95. The zero-order valence-corrected chi connectivity index (χ0v) is 20.8. The van der Waals surface area contributed by atoms with E-state index in [1.165, 1.54) is 6.92 Å². The average Bonchev–Trinajstić information content (AvgIpc) is 3.50. The summed E-state index contributed by atoms with van der Waals surface area (Å²) in [6.45, 7) is 4.26. The van der Waals surface area contributed by atoms with Crippen LogP contribution >= 0.6 is 0 Å². The maximum atomic E-state index is 11.6. The molecular weight excluding hydrogens is 466 g/mol. The summed E-state index contributed by atoms with van der Waals surface area (Å²) < 4.78 is 19.0. The molecule has 7 heteroatoms. The fraction of sp³-hybridized carbons (Fsp3) is 0.167. The van der Waals surface area contributed by atoms with E-state index in [-0.39, 0.29) is 5.97 Å². The highest BCUT2D eigenvalue weighted by molar-refractivity contribution is 5.74. The molecule has 0 bridgehead atoms. The summed E-state index contributed by atoms with van der Waals surface area (Å²) in [5.41, 5.74) is 4.41. The monoisotopic (exact) mass is 493 g/mol. The average molecular weight is 494 g/mol. The van der Waals surface area contributed by atoms with E-state index in [9.17, 15) is 4.79 Å². The third-order valence-electron chi connectivity index (χ3n) is 5.87. The Bertz CT molecular complexity index is 1470. The SMILES string of the molecule is CC(=O)Oc1cn(CCc2ccc(OCc3nc(-c4ccccc4)oc3C)cc2)nc1-c1ccccc1. The second-order valence-corrected chi connectivity index (χ2v) is 8.64. The summed E-state index contributed by atoms with van der Waals surface area (Å²) >= 11 is 0. The minimum absolute atomic E-state index is 0.329. The lowest BCUT2D eigenvalue weighted by atomic mass is 10.1. The lowest BCUT2D eigenvalue weighted by Crippen LogP contribution is -2.03. The van der Waals surface area contributed by atoms with Gasteiger partial charge < -0.3 is 13.9 Å². The molecule has 2 heterocycles. The molecule has 37 heavy (non-hydrogen) atoms. The highest BCUT2D eigenvalue weighted by atomic mass is 16.5. The van der Waals surface area contributed by atoms with Crippen molar-refractivity contribution in [2.75, 3.05) is 0 Å². The van der Waals surface area contributed by atoms with Crippen LogP contribution in [0.2, 0.25) is 0 Å². The lowest BCUT2D eigenvalue weighted by Gasteiger charge is -2.06. The maximum Gasteiger partial charge on any atom is 0.308 e. The summed E-state index contributed by atoms with van der Waals surface area (Å²) in [5.74, 6) is 2.19. The van der Waals surface area contributed by atoms with Crippen molar-refractivity contribution >= 4 is 5.97 Å². The van der Waals surface area contributed by atoms with Gasteiger partial charge in [0.1, 0.15) is 29.5 Å².